The van der Waals surface area contributed by atoms with E-state index in [9.17, 15) is 21.6 Å². The van der Waals surface area contributed by atoms with Crippen molar-refractivity contribution >= 4 is 26.6 Å². The predicted octanol–water partition coefficient (Wildman–Crippen LogP) is 4.70. The van der Waals surface area contributed by atoms with E-state index in [-0.39, 0.29) is 4.90 Å². The first-order valence-corrected chi connectivity index (χ1v) is 11.0. The molecule has 0 saturated carbocycles. The topological polar surface area (TPSA) is 56.4 Å². The van der Waals surface area contributed by atoms with Crippen LogP contribution >= 0.6 is 0 Å². The number of hydrogen-bond acceptors (Lipinski definition) is 3. The van der Waals surface area contributed by atoms with Gasteiger partial charge in [-0.15, -0.1) is 0 Å². The van der Waals surface area contributed by atoms with Crippen molar-refractivity contribution < 1.29 is 21.6 Å². The van der Waals surface area contributed by atoms with Crippen LogP contribution in [0.1, 0.15) is 18.4 Å². The summed E-state index contributed by atoms with van der Waals surface area (Å²) in [7, 11) is -0.725. The summed E-state index contributed by atoms with van der Waals surface area (Å²) in [4.78, 5) is 5.47. The number of rotatable bonds is 4. The van der Waals surface area contributed by atoms with Crippen molar-refractivity contribution in [1.29, 1.82) is 0 Å². The lowest BCUT2D eigenvalue weighted by molar-refractivity contribution is -0.137. The van der Waals surface area contributed by atoms with E-state index < -0.39 is 21.8 Å². The molecule has 0 unspecified atom stereocenters. The van der Waals surface area contributed by atoms with Gasteiger partial charge in [-0.05, 0) is 55.3 Å². The maximum Gasteiger partial charge on any atom is 0.416 e. The Hall–Kier alpha value is -2.52. The zero-order valence-electron chi connectivity index (χ0n) is 16.6. The molecule has 0 amide bonds. The average molecular weight is 437 g/mol. The van der Waals surface area contributed by atoms with Crippen LogP contribution in [0.4, 0.5) is 18.9 Å². The van der Waals surface area contributed by atoms with E-state index in [0.717, 1.165) is 48.1 Å². The van der Waals surface area contributed by atoms with E-state index >= 15 is 0 Å². The standard InChI is InChI=1S/C21H22F3N3O2S/c1-26(2)30(28,29)16-6-8-20(27-9-3-4-10-27)17(13-16)19-12-14-11-15(21(22,23)24)5-7-18(14)25-19/h5-8,11-13,25H,3-4,9-10H2,1-2H3. The van der Waals surface area contributed by atoms with Gasteiger partial charge in [0, 0.05) is 55.0 Å². The zero-order chi connectivity index (χ0) is 21.7. The number of benzene rings is 2. The van der Waals surface area contributed by atoms with Crippen LogP contribution in [-0.4, -0.2) is 44.9 Å². The van der Waals surface area contributed by atoms with E-state index in [0.29, 0.717) is 22.2 Å². The van der Waals surface area contributed by atoms with Gasteiger partial charge >= 0.3 is 6.18 Å². The highest BCUT2D eigenvalue weighted by Gasteiger charge is 2.30. The molecule has 0 radical (unpaired) electrons. The molecule has 160 valence electrons. The minimum absolute atomic E-state index is 0.139. The number of H-pyrrole nitrogens is 1. The Morgan fingerprint density at radius 3 is 2.33 bits per heavy atom. The predicted molar refractivity (Wildman–Crippen MR) is 111 cm³/mol. The van der Waals surface area contributed by atoms with Gasteiger partial charge in [0.2, 0.25) is 10.0 Å². The van der Waals surface area contributed by atoms with Gasteiger partial charge in [0.15, 0.2) is 0 Å². The van der Waals surface area contributed by atoms with Crippen LogP contribution in [0.25, 0.3) is 22.2 Å². The summed E-state index contributed by atoms with van der Waals surface area (Å²) in [6.07, 6.45) is -2.34. The molecule has 1 aliphatic heterocycles. The molecule has 0 aliphatic carbocycles. The van der Waals surface area contributed by atoms with Crippen LogP contribution in [0.3, 0.4) is 0 Å². The SMILES string of the molecule is CN(C)S(=O)(=O)c1ccc(N2CCCC2)c(-c2cc3cc(C(F)(F)F)ccc3[nH]2)c1. The molecule has 2 heterocycles. The fourth-order valence-corrected chi connectivity index (χ4v) is 4.72. The number of alkyl halides is 3. The Balaban J connectivity index is 1.89. The summed E-state index contributed by atoms with van der Waals surface area (Å²) >= 11 is 0. The van der Waals surface area contributed by atoms with Crippen molar-refractivity contribution in [3.63, 3.8) is 0 Å². The third kappa shape index (κ3) is 3.67. The molecule has 1 aromatic heterocycles. The van der Waals surface area contributed by atoms with Crippen molar-refractivity contribution in [2.75, 3.05) is 32.1 Å². The number of fused-ring (bicyclic) bond motifs is 1. The van der Waals surface area contributed by atoms with Crippen LogP contribution in [0.2, 0.25) is 0 Å². The molecule has 1 fully saturated rings. The molecule has 1 aliphatic rings. The Morgan fingerprint density at radius 1 is 1.00 bits per heavy atom. The van der Waals surface area contributed by atoms with E-state index in [1.165, 1.54) is 20.2 Å². The van der Waals surface area contributed by atoms with Gasteiger partial charge in [-0.3, -0.25) is 0 Å². The molecular formula is C21H22F3N3O2S. The quantitative estimate of drug-likeness (QED) is 0.644. The molecular weight excluding hydrogens is 415 g/mol. The van der Waals surface area contributed by atoms with Crippen LogP contribution in [0, 0.1) is 0 Å². The van der Waals surface area contributed by atoms with E-state index in [4.69, 9.17) is 0 Å². The fourth-order valence-electron chi connectivity index (χ4n) is 3.79. The number of aromatic nitrogens is 1. The lowest BCUT2D eigenvalue weighted by Gasteiger charge is -2.22. The number of anilines is 1. The third-order valence-corrected chi connectivity index (χ3v) is 7.24. The second kappa shape index (κ2) is 7.31. The van der Waals surface area contributed by atoms with E-state index in [2.05, 4.69) is 9.88 Å². The molecule has 2 aromatic carbocycles. The van der Waals surface area contributed by atoms with E-state index in [1.807, 2.05) is 0 Å². The van der Waals surface area contributed by atoms with Crippen molar-refractivity contribution in [3.05, 3.63) is 48.0 Å². The van der Waals surface area contributed by atoms with Gasteiger partial charge in [-0.25, -0.2) is 12.7 Å². The number of sulfonamides is 1. The minimum Gasteiger partial charge on any atom is -0.371 e. The summed E-state index contributed by atoms with van der Waals surface area (Å²) in [5.41, 5.74) is 1.95. The normalized spacial score (nSPS) is 15.5. The van der Waals surface area contributed by atoms with Crippen LogP contribution < -0.4 is 4.90 Å². The summed E-state index contributed by atoms with van der Waals surface area (Å²) < 4.78 is 65.7. The molecule has 1 N–H and O–H groups in total. The first-order valence-electron chi connectivity index (χ1n) is 9.59. The monoisotopic (exact) mass is 437 g/mol. The average Bonchev–Trinajstić information content (AvgIpc) is 3.35. The van der Waals surface area contributed by atoms with Gasteiger partial charge < -0.3 is 9.88 Å². The Bertz CT molecular complexity index is 1190. The van der Waals surface area contributed by atoms with E-state index in [1.54, 1.807) is 24.3 Å². The van der Waals surface area contributed by atoms with Gasteiger partial charge in [0.25, 0.3) is 0 Å². The van der Waals surface area contributed by atoms with Crippen molar-refractivity contribution in [2.45, 2.75) is 23.9 Å². The van der Waals surface area contributed by atoms with Crippen LogP contribution in [0.15, 0.2) is 47.4 Å². The third-order valence-electron chi connectivity index (χ3n) is 5.43. The summed E-state index contributed by atoms with van der Waals surface area (Å²) in [6.45, 7) is 1.70. The minimum atomic E-state index is -4.42. The lowest BCUT2D eigenvalue weighted by atomic mass is 10.1. The number of aromatic amines is 1. The Kier molecular flexibility index (Phi) is 5.06. The summed E-state index contributed by atoms with van der Waals surface area (Å²) in [5.74, 6) is 0. The van der Waals surface area contributed by atoms with Crippen molar-refractivity contribution in [3.8, 4) is 11.3 Å². The highest BCUT2D eigenvalue weighted by atomic mass is 32.2. The summed E-state index contributed by atoms with van der Waals surface area (Å²) in [5, 5.41) is 0.424. The molecule has 9 heteroatoms. The number of hydrogen-bond donors (Lipinski definition) is 1. The smallest absolute Gasteiger partial charge is 0.371 e. The van der Waals surface area contributed by atoms with Gasteiger partial charge in [-0.2, -0.15) is 13.2 Å². The first kappa shape index (κ1) is 20.7. The molecule has 0 bridgehead atoms. The van der Waals surface area contributed by atoms with Gasteiger partial charge in [-0.1, -0.05) is 0 Å². The van der Waals surface area contributed by atoms with Gasteiger partial charge in [0.1, 0.15) is 0 Å². The van der Waals surface area contributed by atoms with Crippen LogP contribution in [-0.2, 0) is 16.2 Å². The number of nitrogens with zero attached hydrogens (tertiary/aromatic N) is 2. The highest BCUT2D eigenvalue weighted by molar-refractivity contribution is 7.89. The fraction of sp³-hybridized carbons (Fsp3) is 0.333. The Labute approximate surface area is 173 Å². The molecule has 0 atom stereocenters. The first-order chi connectivity index (χ1) is 14.1. The lowest BCUT2D eigenvalue weighted by Crippen LogP contribution is -2.23. The second-order valence-electron chi connectivity index (χ2n) is 7.64. The molecule has 1 saturated heterocycles. The van der Waals surface area contributed by atoms with Crippen molar-refractivity contribution in [2.24, 2.45) is 0 Å². The molecule has 3 aromatic rings. The summed E-state index contributed by atoms with van der Waals surface area (Å²) in [6, 6.07) is 10.1. The molecule has 30 heavy (non-hydrogen) atoms. The van der Waals surface area contributed by atoms with Gasteiger partial charge in [0.05, 0.1) is 10.5 Å². The molecule has 5 nitrogen and oxygen atoms in total. The molecule has 4 rings (SSSR count). The highest BCUT2D eigenvalue weighted by Crippen LogP contribution is 2.38. The zero-order valence-corrected chi connectivity index (χ0v) is 17.4. The number of halogens is 3. The molecule has 0 spiro atoms. The van der Waals surface area contributed by atoms with Crippen molar-refractivity contribution in [1.82, 2.24) is 9.29 Å². The second-order valence-corrected chi connectivity index (χ2v) is 9.80. The maximum absolute atomic E-state index is 13.1. The Morgan fingerprint density at radius 2 is 1.70 bits per heavy atom. The number of nitrogens with one attached hydrogen (secondary N) is 1. The van der Waals surface area contributed by atoms with Crippen LogP contribution in [0.5, 0.6) is 0 Å². The maximum atomic E-state index is 13.1. The largest absolute Gasteiger partial charge is 0.416 e.